The lowest BCUT2D eigenvalue weighted by Crippen LogP contribution is -2.38. The highest BCUT2D eigenvalue weighted by molar-refractivity contribution is 5.60. The Labute approximate surface area is 144 Å². The van der Waals surface area contributed by atoms with Crippen molar-refractivity contribution in [2.24, 2.45) is 0 Å². The van der Waals surface area contributed by atoms with E-state index >= 15 is 0 Å². The Kier molecular flexibility index (Phi) is 4.90. The first-order valence-corrected chi connectivity index (χ1v) is 7.58. The highest BCUT2D eigenvalue weighted by Gasteiger charge is 2.37. The van der Waals surface area contributed by atoms with Crippen LogP contribution in [0.2, 0.25) is 0 Å². The summed E-state index contributed by atoms with van der Waals surface area (Å²) in [5.41, 5.74) is -2.79. The van der Waals surface area contributed by atoms with E-state index in [0.717, 1.165) is 0 Å². The number of ether oxygens (including phenoxy) is 3. The van der Waals surface area contributed by atoms with Gasteiger partial charge >= 0.3 is 11.8 Å². The third-order valence-corrected chi connectivity index (χ3v) is 3.32. The van der Waals surface area contributed by atoms with Crippen LogP contribution in [-0.4, -0.2) is 33.5 Å². The fraction of sp³-hybridized carbons (Fsp3) is 0.471. The second kappa shape index (κ2) is 6.61. The summed E-state index contributed by atoms with van der Waals surface area (Å²) in [6, 6.07) is 0. The monoisotopic (exact) mass is 348 g/mol. The molecule has 0 spiro atoms. The van der Waals surface area contributed by atoms with Gasteiger partial charge in [0.05, 0.1) is 0 Å². The maximum atomic E-state index is 11.9. The van der Waals surface area contributed by atoms with Crippen LogP contribution in [0.1, 0.15) is 32.6 Å². The van der Waals surface area contributed by atoms with Crippen molar-refractivity contribution in [2.45, 2.75) is 45.1 Å². The third kappa shape index (κ3) is 4.39. The zero-order valence-corrected chi connectivity index (χ0v) is 14.5. The summed E-state index contributed by atoms with van der Waals surface area (Å²) < 4.78 is 17.0. The van der Waals surface area contributed by atoms with Gasteiger partial charge in [0.1, 0.15) is 12.2 Å². The highest BCUT2D eigenvalue weighted by atomic mass is 16.7. The summed E-state index contributed by atoms with van der Waals surface area (Å²) in [6.07, 6.45) is 8.25. The Morgan fingerprint density at radius 3 is 2.76 bits per heavy atom. The number of aromatic amines is 1. The van der Waals surface area contributed by atoms with Gasteiger partial charge in [-0.25, -0.2) is 9.59 Å². The van der Waals surface area contributed by atoms with Crippen molar-refractivity contribution in [1.29, 1.82) is 0 Å². The SMILES string of the molecule is C#C[C@@]1(COC(=O)OC(C)(C)C)C=C[C@H](n2cc(C)c(=O)[nH]c2=O)O1. The van der Waals surface area contributed by atoms with Gasteiger partial charge in [0.15, 0.2) is 11.8 Å². The topological polar surface area (TPSA) is 99.6 Å². The first-order chi connectivity index (χ1) is 11.6. The molecule has 0 bridgehead atoms. The molecule has 0 radical (unpaired) electrons. The van der Waals surface area contributed by atoms with E-state index in [1.165, 1.54) is 16.8 Å². The van der Waals surface area contributed by atoms with Crippen molar-refractivity contribution >= 4 is 6.16 Å². The van der Waals surface area contributed by atoms with Gasteiger partial charge in [0.25, 0.3) is 5.56 Å². The molecule has 2 rings (SSSR count). The van der Waals surface area contributed by atoms with Gasteiger partial charge in [0.2, 0.25) is 0 Å². The molecule has 1 aliphatic heterocycles. The summed E-state index contributed by atoms with van der Waals surface area (Å²) in [7, 11) is 0. The molecule has 0 amide bonds. The van der Waals surface area contributed by atoms with Gasteiger partial charge < -0.3 is 14.2 Å². The quantitative estimate of drug-likeness (QED) is 0.501. The third-order valence-electron chi connectivity index (χ3n) is 3.32. The van der Waals surface area contributed by atoms with E-state index in [4.69, 9.17) is 20.6 Å². The number of aromatic nitrogens is 2. The van der Waals surface area contributed by atoms with Crippen LogP contribution >= 0.6 is 0 Å². The standard InChI is InChI=1S/C17H20N2O6/c1-6-17(10-23-15(22)25-16(3,4)5)8-7-12(24-17)19-9-11(2)13(20)18-14(19)21/h1,7-9,12H,10H2,2-5H3,(H,18,20,21)/t12-,17+/m1/s1. The minimum absolute atomic E-state index is 0.275. The van der Waals surface area contributed by atoms with Crippen LogP contribution in [0.3, 0.4) is 0 Å². The number of hydrogen-bond donors (Lipinski definition) is 1. The summed E-state index contributed by atoms with van der Waals surface area (Å²) in [5, 5.41) is 0. The molecule has 2 atom stereocenters. The molecule has 1 N–H and O–H groups in total. The average molecular weight is 348 g/mol. The van der Waals surface area contributed by atoms with Crippen LogP contribution < -0.4 is 11.2 Å². The fourth-order valence-corrected chi connectivity index (χ4v) is 2.11. The predicted molar refractivity (Wildman–Crippen MR) is 89.1 cm³/mol. The van der Waals surface area contributed by atoms with Gasteiger partial charge in [0, 0.05) is 11.8 Å². The van der Waals surface area contributed by atoms with E-state index in [-0.39, 0.29) is 6.61 Å². The number of nitrogens with one attached hydrogen (secondary N) is 1. The van der Waals surface area contributed by atoms with Crippen LogP contribution in [0, 0.1) is 19.3 Å². The van der Waals surface area contributed by atoms with Gasteiger partial charge in [-0.3, -0.25) is 14.3 Å². The average Bonchev–Trinajstić information content (AvgIpc) is 2.92. The normalized spacial score (nSPS) is 22.4. The molecular weight excluding hydrogens is 328 g/mol. The smallest absolute Gasteiger partial charge is 0.430 e. The second-order valence-electron chi connectivity index (χ2n) is 6.63. The summed E-state index contributed by atoms with van der Waals surface area (Å²) >= 11 is 0. The zero-order valence-electron chi connectivity index (χ0n) is 14.5. The van der Waals surface area contributed by atoms with E-state index in [0.29, 0.717) is 5.56 Å². The first kappa shape index (κ1) is 18.5. The molecule has 2 heterocycles. The van der Waals surface area contributed by atoms with Crippen molar-refractivity contribution in [2.75, 3.05) is 6.61 Å². The fourth-order valence-electron chi connectivity index (χ4n) is 2.11. The van der Waals surface area contributed by atoms with Crippen molar-refractivity contribution in [3.8, 4) is 12.3 Å². The lowest BCUT2D eigenvalue weighted by Gasteiger charge is -2.25. The van der Waals surface area contributed by atoms with Crippen LogP contribution in [0.4, 0.5) is 4.79 Å². The maximum Gasteiger partial charge on any atom is 0.508 e. The van der Waals surface area contributed by atoms with Gasteiger partial charge in [-0.05, 0) is 39.8 Å². The summed E-state index contributed by atoms with van der Waals surface area (Å²) in [4.78, 5) is 37.2. The van der Waals surface area contributed by atoms with Gasteiger partial charge in [-0.2, -0.15) is 0 Å². The van der Waals surface area contributed by atoms with Crippen LogP contribution in [0.5, 0.6) is 0 Å². The van der Waals surface area contributed by atoms with E-state index in [9.17, 15) is 14.4 Å². The number of carbonyl (C=O) groups excluding carboxylic acids is 1. The molecule has 25 heavy (non-hydrogen) atoms. The Morgan fingerprint density at radius 1 is 1.48 bits per heavy atom. The Hall–Kier alpha value is -2.79. The Morgan fingerprint density at radius 2 is 2.16 bits per heavy atom. The van der Waals surface area contributed by atoms with E-state index in [1.54, 1.807) is 33.8 Å². The molecular formula is C17H20N2O6. The molecule has 0 fully saturated rings. The lowest BCUT2D eigenvalue weighted by atomic mass is 10.1. The van der Waals surface area contributed by atoms with Crippen LogP contribution in [-0.2, 0) is 14.2 Å². The lowest BCUT2D eigenvalue weighted by molar-refractivity contribution is -0.0732. The van der Waals surface area contributed by atoms with E-state index < -0.39 is 34.8 Å². The molecule has 0 aliphatic carbocycles. The van der Waals surface area contributed by atoms with E-state index in [1.807, 2.05) is 0 Å². The minimum Gasteiger partial charge on any atom is -0.430 e. The predicted octanol–water partition coefficient (Wildman–Crippen LogP) is 1.25. The number of aryl methyl sites for hydroxylation is 1. The van der Waals surface area contributed by atoms with Crippen molar-refractivity contribution < 1.29 is 19.0 Å². The number of hydrogen-bond acceptors (Lipinski definition) is 6. The molecule has 134 valence electrons. The number of H-pyrrole nitrogens is 1. The maximum absolute atomic E-state index is 11.9. The molecule has 0 saturated heterocycles. The molecule has 1 aliphatic rings. The Balaban J connectivity index is 2.12. The number of carbonyl (C=O) groups is 1. The number of rotatable bonds is 3. The summed E-state index contributed by atoms with van der Waals surface area (Å²) in [5.74, 6) is 2.41. The van der Waals surface area contributed by atoms with E-state index in [2.05, 4.69) is 10.9 Å². The van der Waals surface area contributed by atoms with Crippen LogP contribution in [0.15, 0.2) is 27.9 Å². The molecule has 0 saturated carbocycles. The molecule has 0 unspecified atom stereocenters. The molecule has 1 aromatic heterocycles. The number of nitrogens with zero attached hydrogens (tertiary/aromatic N) is 1. The molecule has 8 nitrogen and oxygen atoms in total. The largest absolute Gasteiger partial charge is 0.508 e. The Bertz CT molecular complexity index is 852. The summed E-state index contributed by atoms with van der Waals surface area (Å²) in [6.45, 7) is 6.41. The molecule has 1 aromatic rings. The van der Waals surface area contributed by atoms with Crippen LogP contribution in [0.25, 0.3) is 0 Å². The van der Waals surface area contributed by atoms with Crippen molar-refractivity contribution in [1.82, 2.24) is 9.55 Å². The van der Waals surface area contributed by atoms with Gasteiger partial charge in [-0.1, -0.05) is 5.92 Å². The second-order valence-corrected chi connectivity index (χ2v) is 6.63. The molecule has 0 aromatic carbocycles. The molecule has 8 heteroatoms. The van der Waals surface area contributed by atoms with Gasteiger partial charge in [-0.15, -0.1) is 6.42 Å². The number of terminal acetylenes is 1. The van der Waals surface area contributed by atoms with Crippen molar-refractivity contribution in [3.63, 3.8) is 0 Å². The zero-order chi connectivity index (χ0) is 18.8. The first-order valence-electron chi connectivity index (χ1n) is 7.58. The van der Waals surface area contributed by atoms with Crippen molar-refractivity contribution in [3.05, 3.63) is 44.8 Å². The minimum atomic E-state index is -1.33. The highest BCUT2D eigenvalue weighted by Crippen LogP contribution is 2.29.